The molecule has 1 nitrogen and oxygen atoms in total. The van der Waals surface area contributed by atoms with Crippen molar-refractivity contribution in [2.45, 2.75) is 43.8 Å². The lowest BCUT2D eigenvalue weighted by Crippen LogP contribution is -2.13. The number of carbonyl (C=O) groups excluding carboxylic acids is 1. The molecule has 0 atom stereocenters. The van der Waals surface area contributed by atoms with E-state index in [-0.39, 0.29) is 0 Å². The zero-order chi connectivity index (χ0) is 12.1. The van der Waals surface area contributed by atoms with Crippen molar-refractivity contribution < 1.29 is 4.79 Å². The van der Waals surface area contributed by atoms with Crippen LogP contribution in [0.15, 0.2) is 15.9 Å². The van der Waals surface area contributed by atoms with Gasteiger partial charge in [0.15, 0.2) is 0 Å². The molecule has 1 saturated carbocycles. The summed E-state index contributed by atoms with van der Waals surface area (Å²) >= 11 is 6.95. The first-order valence-electron chi connectivity index (χ1n) is 6.10. The molecule has 17 heavy (non-hydrogen) atoms. The molecule has 0 aromatic carbocycles. The van der Waals surface area contributed by atoms with Gasteiger partial charge in [-0.2, -0.15) is 11.8 Å². The maximum absolute atomic E-state index is 11.8. The number of hydrogen-bond donors (Lipinski definition) is 0. The topological polar surface area (TPSA) is 17.1 Å². The third-order valence-corrected chi connectivity index (χ3v) is 6.15. The number of thioether (sulfide) groups is 1. The fourth-order valence-electron chi connectivity index (χ4n) is 2.13. The number of Topliss-reactive ketones (excluding diaryl/α,β-unsaturated/α-hetero) is 1. The summed E-state index contributed by atoms with van der Waals surface area (Å²) in [7, 11) is 0. The first-order chi connectivity index (χ1) is 8.24. The van der Waals surface area contributed by atoms with Crippen LogP contribution in [-0.2, 0) is 11.2 Å². The minimum atomic E-state index is 0.370. The van der Waals surface area contributed by atoms with Crippen molar-refractivity contribution in [2.24, 2.45) is 0 Å². The summed E-state index contributed by atoms with van der Waals surface area (Å²) in [6, 6.07) is 2.05. The number of rotatable bonds is 5. The van der Waals surface area contributed by atoms with Crippen LogP contribution in [0.25, 0.3) is 0 Å². The fraction of sp³-hybridized carbons (Fsp3) is 0.615. The number of carbonyl (C=O) groups is 1. The Bertz CT molecular complexity index is 369. The quantitative estimate of drug-likeness (QED) is 0.778. The van der Waals surface area contributed by atoms with Gasteiger partial charge in [-0.15, -0.1) is 11.3 Å². The molecule has 0 unspecified atom stereocenters. The van der Waals surface area contributed by atoms with E-state index in [1.165, 1.54) is 37.0 Å². The zero-order valence-electron chi connectivity index (χ0n) is 9.78. The highest BCUT2D eigenvalue weighted by molar-refractivity contribution is 9.10. The molecule has 0 amide bonds. The largest absolute Gasteiger partial charge is 0.298 e. The van der Waals surface area contributed by atoms with Crippen LogP contribution in [0, 0.1) is 0 Å². The van der Waals surface area contributed by atoms with E-state index < -0.39 is 0 Å². The highest BCUT2D eigenvalue weighted by Gasteiger charge is 2.15. The van der Waals surface area contributed by atoms with E-state index in [2.05, 4.69) is 15.9 Å². The lowest BCUT2D eigenvalue weighted by molar-refractivity contribution is -0.115. The van der Waals surface area contributed by atoms with Crippen LogP contribution < -0.4 is 0 Å². The molecule has 0 bridgehead atoms. The average Bonchev–Trinajstić information content (AvgIpc) is 2.73. The van der Waals surface area contributed by atoms with Crippen molar-refractivity contribution in [2.75, 3.05) is 5.75 Å². The van der Waals surface area contributed by atoms with Crippen LogP contribution in [-0.4, -0.2) is 16.8 Å². The van der Waals surface area contributed by atoms with Crippen LogP contribution in [0.4, 0.5) is 0 Å². The maximum atomic E-state index is 11.8. The van der Waals surface area contributed by atoms with Crippen molar-refractivity contribution in [1.29, 1.82) is 0 Å². The summed E-state index contributed by atoms with van der Waals surface area (Å²) in [4.78, 5) is 13.0. The Morgan fingerprint density at radius 3 is 2.82 bits per heavy atom. The van der Waals surface area contributed by atoms with Crippen molar-refractivity contribution in [3.8, 4) is 0 Å². The van der Waals surface area contributed by atoms with Gasteiger partial charge in [0.1, 0.15) is 5.78 Å². The predicted octanol–water partition coefficient (Wildman–Crippen LogP) is 4.69. The molecule has 2 rings (SSSR count). The molecule has 0 saturated heterocycles. The highest BCUT2D eigenvalue weighted by atomic mass is 79.9. The predicted molar refractivity (Wildman–Crippen MR) is 80.1 cm³/mol. The fourth-order valence-corrected chi connectivity index (χ4v) is 4.80. The van der Waals surface area contributed by atoms with E-state index >= 15 is 0 Å². The molecule has 94 valence electrons. The van der Waals surface area contributed by atoms with Crippen molar-refractivity contribution >= 4 is 44.8 Å². The molecule has 1 aromatic heterocycles. The third kappa shape index (κ3) is 4.76. The molecular weight excluding hydrogens is 316 g/mol. The molecule has 0 spiro atoms. The summed E-state index contributed by atoms with van der Waals surface area (Å²) in [6.45, 7) is 0. The summed E-state index contributed by atoms with van der Waals surface area (Å²) in [5, 5.41) is 2.78. The first-order valence-corrected chi connectivity index (χ1v) is 8.82. The van der Waals surface area contributed by atoms with E-state index in [0.717, 1.165) is 9.72 Å². The van der Waals surface area contributed by atoms with E-state index in [1.54, 1.807) is 11.3 Å². The second-order valence-corrected chi connectivity index (χ2v) is 7.72. The summed E-state index contributed by atoms with van der Waals surface area (Å²) in [6.07, 6.45) is 7.31. The van der Waals surface area contributed by atoms with Gasteiger partial charge in [0.25, 0.3) is 0 Å². The van der Waals surface area contributed by atoms with Crippen molar-refractivity contribution in [3.63, 3.8) is 0 Å². The van der Waals surface area contributed by atoms with Gasteiger partial charge in [0, 0.05) is 26.4 Å². The van der Waals surface area contributed by atoms with Gasteiger partial charge < -0.3 is 0 Å². The van der Waals surface area contributed by atoms with E-state index in [0.29, 0.717) is 18.0 Å². The lowest BCUT2D eigenvalue weighted by Gasteiger charge is -2.20. The smallest absolute Gasteiger partial charge is 0.147 e. The van der Waals surface area contributed by atoms with E-state index in [9.17, 15) is 4.79 Å². The molecular formula is C13H17BrOS2. The monoisotopic (exact) mass is 332 g/mol. The molecule has 0 radical (unpaired) electrons. The third-order valence-electron chi connectivity index (χ3n) is 3.03. The Morgan fingerprint density at radius 2 is 2.18 bits per heavy atom. The van der Waals surface area contributed by atoms with Crippen LogP contribution in [0.2, 0.25) is 0 Å². The van der Waals surface area contributed by atoms with Crippen LogP contribution in [0.5, 0.6) is 0 Å². The molecule has 1 aliphatic rings. The van der Waals surface area contributed by atoms with Gasteiger partial charge >= 0.3 is 0 Å². The number of thiophene rings is 1. The van der Waals surface area contributed by atoms with E-state index in [4.69, 9.17) is 0 Å². The minimum absolute atomic E-state index is 0.370. The first kappa shape index (κ1) is 13.6. The van der Waals surface area contributed by atoms with Gasteiger partial charge in [0.2, 0.25) is 0 Å². The molecule has 4 heteroatoms. The Labute approximate surface area is 120 Å². The number of halogens is 1. The Kier molecular flexibility index (Phi) is 5.57. The van der Waals surface area contributed by atoms with Crippen LogP contribution in [0.1, 0.15) is 37.0 Å². The van der Waals surface area contributed by atoms with Gasteiger partial charge in [-0.25, -0.2) is 0 Å². The summed E-state index contributed by atoms with van der Waals surface area (Å²) < 4.78 is 1.09. The summed E-state index contributed by atoms with van der Waals surface area (Å²) in [5.41, 5.74) is 0. The highest BCUT2D eigenvalue weighted by Crippen LogP contribution is 2.28. The number of hydrogen-bond acceptors (Lipinski definition) is 3. The molecule has 0 N–H and O–H groups in total. The number of ketones is 1. The molecule has 1 fully saturated rings. The van der Waals surface area contributed by atoms with Gasteiger partial charge in [-0.3, -0.25) is 4.79 Å². The Balaban J connectivity index is 1.70. The van der Waals surface area contributed by atoms with E-state index in [1.807, 2.05) is 23.2 Å². The van der Waals surface area contributed by atoms with Crippen molar-refractivity contribution in [3.05, 3.63) is 20.8 Å². The molecule has 0 aliphatic heterocycles. The second-order valence-electron chi connectivity index (χ2n) is 4.52. The zero-order valence-corrected chi connectivity index (χ0v) is 13.0. The minimum Gasteiger partial charge on any atom is -0.298 e. The van der Waals surface area contributed by atoms with Gasteiger partial charge in [0.05, 0.1) is 5.75 Å². The second kappa shape index (κ2) is 6.95. The Morgan fingerprint density at radius 1 is 1.41 bits per heavy atom. The Hall–Kier alpha value is 0.200. The molecule has 1 heterocycles. The van der Waals surface area contributed by atoms with Gasteiger partial charge in [-0.05, 0) is 34.8 Å². The van der Waals surface area contributed by atoms with Crippen LogP contribution >= 0.6 is 39.0 Å². The molecule has 1 aromatic rings. The summed E-state index contributed by atoms with van der Waals surface area (Å²) in [5.74, 6) is 1.06. The van der Waals surface area contributed by atoms with Crippen molar-refractivity contribution in [1.82, 2.24) is 0 Å². The lowest BCUT2D eigenvalue weighted by atomic mass is 10.0. The average molecular weight is 333 g/mol. The SMILES string of the molecule is O=C(CSC1CCCCC1)Cc1cc(Br)cs1. The van der Waals surface area contributed by atoms with Crippen LogP contribution in [0.3, 0.4) is 0 Å². The molecule has 1 aliphatic carbocycles. The standard InChI is InChI=1S/C13H17BrOS2/c14-10-6-13(16-8-10)7-11(15)9-17-12-4-2-1-3-5-12/h6,8,12H,1-5,7,9H2. The maximum Gasteiger partial charge on any atom is 0.147 e. The normalized spacial score (nSPS) is 17.2. The van der Waals surface area contributed by atoms with Gasteiger partial charge in [-0.1, -0.05) is 19.3 Å².